The van der Waals surface area contributed by atoms with Crippen LogP contribution in [0.5, 0.6) is 0 Å². The third-order valence-corrected chi connectivity index (χ3v) is 7.41. The predicted molar refractivity (Wildman–Crippen MR) is 126 cm³/mol. The minimum atomic E-state index is -0.906. The number of alkyl carbamates (subject to hydrolysis) is 1. The minimum Gasteiger partial charge on any atom is -0.481 e. The van der Waals surface area contributed by atoms with Crippen molar-refractivity contribution in [1.29, 1.82) is 0 Å². The smallest absolute Gasteiger partial charge is 0.407 e. The summed E-state index contributed by atoms with van der Waals surface area (Å²) in [6.45, 7) is 0.228. The van der Waals surface area contributed by atoms with Gasteiger partial charge in [-0.2, -0.15) is 0 Å². The molecule has 3 unspecified atom stereocenters. The monoisotopic (exact) mass is 462 g/mol. The lowest BCUT2D eigenvalue weighted by molar-refractivity contribution is -0.138. The summed E-state index contributed by atoms with van der Waals surface area (Å²) in [5.74, 6) is -1.21. The molecule has 0 aliphatic heterocycles. The molecule has 2 aromatic rings. The van der Waals surface area contributed by atoms with E-state index in [1.807, 2.05) is 24.3 Å². The molecule has 34 heavy (non-hydrogen) atoms. The van der Waals surface area contributed by atoms with E-state index in [9.17, 15) is 14.4 Å². The highest BCUT2D eigenvalue weighted by atomic mass is 16.5. The van der Waals surface area contributed by atoms with E-state index in [1.165, 1.54) is 11.1 Å². The Hall–Kier alpha value is -3.35. The molecule has 0 bridgehead atoms. The molecule has 2 saturated carbocycles. The summed E-state index contributed by atoms with van der Waals surface area (Å²) >= 11 is 0. The van der Waals surface area contributed by atoms with Gasteiger partial charge in [0, 0.05) is 18.0 Å². The number of carbonyl (C=O) groups excluding carboxylic acids is 2. The van der Waals surface area contributed by atoms with Crippen molar-refractivity contribution >= 4 is 18.0 Å². The Morgan fingerprint density at radius 3 is 2.21 bits per heavy atom. The Bertz CT molecular complexity index is 1050. The lowest BCUT2D eigenvalue weighted by Crippen LogP contribution is -2.47. The second-order valence-electron chi connectivity index (χ2n) is 9.66. The summed E-state index contributed by atoms with van der Waals surface area (Å²) in [6.07, 6.45) is 3.53. The maximum Gasteiger partial charge on any atom is 0.407 e. The van der Waals surface area contributed by atoms with Gasteiger partial charge in [-0.3, -0.25) is 9.59 Å². The Morgan fingerprint density at radius 1 is 0.941 bits per heavy atom. The molecule has 3 aliphatic carbocycles. The number of hydrogen-bond acceptors (Lipinski definition) is 4. The maximum absolute atomic E-state index is 12.9. The first-order chi connectivity index (χ1) is 16.5. The molecule has 0 radical (unpaired) electrons. The molecule has 0 aromatic heterocycles. The number of hydrogen-bond donors (Lipinski definition) is 3. The van der Waals surface area contributed by atoms with Crippen LogP contribution in [0.25, 0.3) is 11.1 Å². The van der Waals surface area contributed by atoms with Gasteiger partial charge in [-0.25, -0.2) is 4.79 Å². The van der Waals surface area contributed by atoms with Crippen LogP contribution < -0.4 is 10.6 Å². The molecular formula is C27H30N2O5. The van der Waals surface area contributed by atoms with Crippen LogP contribution in [0.2, 0.25) is 0 Å². The van der Waals surface area contributed by atoms with Gasteiger partial charge in [0.25, 0.3) is 0 Å². The van der Waals surface area contributed by atoms with Crippen molar-refractivity contribution in [2.45, 2.75) is 56.5 Å². The molecule has 3 N–H and O–H groups in total. The van der Waals surface area contributed by atoms with Crippen LogP contribution in [0.4, 0.5) is 4.79 Å². The van der Waals surface area contributed by atoms with Crippen LogP contribution in [0.1, 0.15) is 55.6 Å². The number of aliphatic carboxylic acids is 1. The van der Waals surface area contributed by atoms with E-state index in [2.05, 4.69) is 34.9 Å². The molecule has 0 heterocycles. The van der Waals surface area contributed by atoms with Crippen molar-refractivity contribution in [2.75, 3.05) is 6.61 Å². The van der Waals surface area contributed by atoms with E-state index in [1.54, 1.807) is 0 Å². The zero-order valence-electron chi connectivity index (χ0n) is 19.0. The van der Waals surface area contributed by atoms with Crippen molar-refractivity contribution < 1.29 is 24.2 Å². The van der Waals surface area contributed by atoms with E-state index in [4.69, 9.17) is 9.84 Å². The molecule has 2 amide bonds. The first-order valence-electron chi connectivity index (χ1n) is 12.1. The minimum absolute atomic E-state index is 0.0175. The van der Waals surface area contributed by atoms with Gasteiger partial charge < -0.3 is 20.5 Å². The van der Waals surface area contributed by atoms with Crippen molar-refractivity contribution in [2.24, 2.45) is 11.8 Å². The maximum atomic E-state index is 12.9. The predicted octanol–water partition coefficient (Wildman–Crippen LogP) is 4.06. The van der Waals surface area contributed by atoms with Gasteiger partial charge in [0.15, 0.2) is 0 Å². The lowest BCUT2D eigenvalue weighted by atomic mass is 9.98. The summed E-state index contributed by atoms with van der Waals surface area (Å²) in [5, 5.41) is 15.0. The molecule has 7 heteroatoms. The molecule has 2 fully saturated rings. The SMILES string of the molecule is O=C(O)CC(NC(=O)C1CCCC1NC(=O)OCC1c2ccccc2-c2ccccc21)C1CC1. The largest absolute Gasteiger partial charge is 0.481 e. The number of fused-ring (bicyclic) bond motifs is 3. The number of carbonyl (C=O) groups is 3. The highest BCUT2D eigenvalue weighted by molar-refractivity contribution is 5.82. The number of benzene rings is 2. The van der Waals surface area contributed by atoms with Crippen LogP contribution in [0, 0.1) is 11.8 Å². The van der Waals surface area contributed by atoms with Gasteiger partial charge in [-0.1, -0.05) is 55.0 Å². The molecule has 3 aliphatic rings. The molecule has 0 saturated heterocycles. The quantitative estimate of drug-likeness (QED) is 0.549. The third-order valence-electron chi connectivity index (χ3n) is 7.41. The second-order valence-corrected chi connectivity index (χ2v) is 9.66. The van der Waals surface area contributed by atoms with E-state index in [-0.39, 0.29) is 48.8 Å². The van der Waals surface area contributed by atoms with Gasteiger partial charge in [0.1, 0.15) is 6.61 Å². The Balaban J connectivity index is 1.19. The fourth-order valence-corrected chi connectivity index (χ4v) is 5.55. The number of ether oxygens (including phenoxy) is 1. The van der Waals surface area contributed by atoms with E-state index >= 15 is 0 Å². The van der Waals surface area contributed by atoms with Gasteiger partial charge in [0.05, 0.1) is 12.3 Å². The summed E-state index contributed by atoms with van der Waals surface area (Å²) < 4.78 is 5.65. The molecule has 178 valence electrons. The van der Waals surface area contributed by atoms with Gasteiger partial charge in [0.2, 0.25) is 5.91 Å². The fourth-order valence-electron chi connectivity index (χ4n) is 5.55. The normalized spacial score (nSPS) is 21.9. The number of nitrogens with one attached hydrogen (secondary N) is 2. The number of amides is 2. The van der Waals surface area contributed by atoms with Crippen molar-refractivity contribution in [3.05, 3.63) is 59.7 Å². The highest BCUT2D eigenvalue weighted by Gasteiger charge is 2.39. The van der Waals surface area contributed by atoms with Crippen molar-refractivity contribution in [1.82, 2.24) is 10.6 Å². The van der Waals surface area contributed by atoms with E-state index < -0.39 is 12.1 Å². The lowest BCUT2D eigenvalue weighted by Gasteiger charge is -2.24. The zero-order valence-corrected chi connectivity index (χ0v) is 19.0. The molecule has 5 rings (SSSR count). The molecule has 3 atom stereocenters. The average Bonchev–Trinajstić information content (AvgIpc) is 3.49. The van der Waals surface area contributed by atoms with Crippen LogP contribution >= 0.6 is 0 Å². The molecular weight excluding hydrogens is 432 g/mol. The second kappa shape index (κ2) is 9.49. The summed E-state index contributed by atoms with van der Waals surface area (Å²) in [4.78, 5) is 36.8. The standard InChI is InChI=1S/C27H30N2O5/c30-25(31)14-24(16-12-13-16)28-26(32)21-10-5-11-23(21)29-27(33)34-15-22-19-8-3-1-6-17(19)18-7-2-4-9-20(18)22/h1-4,6-9,16,21-24H,5,10-15H2,(H,28,32)(H,29,33)(H,30,31). The van der Waals surface area contributed by atoms with Gasteiger partial charge in [-0.15, -0.1) is 0 Å². The number of carboxylic acids is 1. The van der Waals surface area contributed by atoms with Crippen molar-refractivity contribution in [3.8, 4) is 11.1 Å². The summed E-state index contributed by atoms with van der Waals surface area (Å²) in [7, 11) is 0. The number of carboxylic acid groups (broad SMARTS) is 1. The first-order valence-corrected chi connectivity index (χ1v) is 12.1. The van der Waals surface area contributed by atoms with E-state index in [0.29, 0.717) is 12.8 Å². The Morgan fingerprint density at radius 2 is 1.59 bits per heavy atom. The Labute approximate surface area is 198 Å². The van der Waals surface area contributed by atoms with Gasteiger partial charge >= 0.3 is 12.1 Å². The molecule has 0 spiro atoms. The van der Waals surface area contributed by atoms with Crippen LogP contribution in [0.15, 0.2) is 48.5 Å². The zero-order chi connectivity index (χ0) is 23.7. The highest BCUT2D eigenvalue weighted by Crippen LogP contribution is 2.44. The number of rotatable bonds is 8. The van der Waals surface area contributed by atoms with E-state index in [0.717, 1.165) is 30.4 Å². The topological polar surface area (TPSA) is 105 Å². The Kier molecular flexibility index (Phi) is 6.26. The van der Waals surface area contributed by atoms with Crippen LogP contribution in [-0.4, -0.2) is 41.8 Å². The molecule has 7 nitrogen and oxygen atoms in total. The fraction of sp³-hybridized carbons (Fsp3) is 0.444. The van der Waals surface area contributed by atoms with Crippen molar-refractivity contribution in [3.63, 3.8) is 0 Å². The first kappa shape index (κ1) is 22.4. The molecule has 2 aromatic carbocycles. The van der Waals surface area contributed by atoms with Gasteiger partial charge in [-0.05, 0) is 53.9 Å². The summed E-state index contributed by atoms with van der Waals surface area (Å²) in [6, 6.07) is 15.7. The van der Waals surface area contributed by atoms with Crippen LogP contribution in [-0.2, 0) is 14.3 Å². The van der Waals surface area contributed by atoms with Crippen LogP contribution in [0.3, 0.4) is 0 Å². The summed E-state index contributed by atoms with van der Waals surface area (Å²) in [5.41, 5.74) is 4.65. The third kappa shape index (κ3) is 4.65. The average molecular weight is 463 g/mol.